The highest BCUT2D eigenvalue weighted by Crippen LogP contribution is 2.29. The number of ether oxygens (including phenoxy) is 2. The van der Waals surface area contributed by atoms with Crippen LogP contribution in [0, 0.1) is 0 Å². The molecule has 1 aromatic carbocycles. The molecule has 0 amide bonds. The van der Waals surface area contributed by atoms with Crippen molar-refractivity contribution in [1.82, 2.24) is 4.98 Å². The number of nitrogens with two attached hydrogens (primary N) is 1. The largest absolute Gasteiger partial charge is 0.497 e. The number of nitrogens with one attached hydrogen (secondary N) is 1. The molecule has 0 bridgehead atoms. The molecule has 0 fully saturated rings. The van der Waals surface area contributed by atoms with Gasteiger partial charge in [0.15, 0.2) is 5.13 Å². The van der Waals surface area contributed by atoms with Crippen molar-refractivity contribution in [2.24, 2.45) is 5.73 Å². The van der Waals surface area contributed by atoms with Gasteiger partial charge in [-0.15, -0.1) is 11.3 Å². The van der Waals surface area contributed by atoms with Gasteiger partial charge in [-0.2, -0.15) is 0 Å². The molecule has 0 aliphatic carbocycles. The second kappa shape index (κ2) is 5.85. The van der Waals surface area contributed by atoms with E-state index in [1.165, 1.54) is 11.3 Å². The average molecular weight is 295 g/mol. The first-order valence-corrected chi connectivity index (χ1v) is 6.66. The van der Waals surface area contributed by atoms with E-state index in [9.17, 15) is 0 Å². The van der Waals surface area contributed by atoms with Crippen LogP contribution in [0.2, 0.25) is 0 Å². The van der Waals surface area contributed by atoms with Crippen molar-refractivity contribution in [2.75, 3.05) is 19.5 Å². The molecule has 3 N–H and O–H groups in total. The van der Waals surface area contributed by atoms with E-state index in [1.54, 1.807) is 20.3 Å². The van der Waals surface area contributed by atoms with Gasteiger partial charge in [0.05, 0.1) is 14.2 Å². The average Bonchev–Trinajstić information content (AvgIpc) is 2.87. The predicted molar refractivity (Wildman–Crippen MR) is 80.8 cm³/mol. The van der Waals surface area contributed by atoms with Crippen LogP contribution in [0.25, 0.3) is 0 Å². The molecule has 5 nitrogen and oxygen atoms in total. The smallest absolute Gasteiger partial charge is 0.187 e. The molecule has 0 atom stereocenters. The van der Waals surface area contributed by atoms with Crippen LogP contribution < -0.4 is 20.5 Å². The molecule has 7 heteroatoms. The summed E-state index contributed by atoms with van der Waals surface area (Å²) in [5.74, 6) is 1.40. The number of thiazole rings is 1. The standard InChI is InChI=1S/C12H13N3O2S2/c1-16-8-3-7(4-9(5-8)17-2)14-12-15-10(6-19-12)11(13)18/h3-6H,1-2H3,(H2,13,18)(H,14,15). The molecule has 0 unspecified atom stereocenters. The molecule has 2 rings (SSSR count). The number of anilines is 2. The number of nitrogens with zero attached hydrogens (tertiary/aromatic N) is 1. The van der Waals surface area contributed by atoms with E-state index >= 15 is 0 Å². The molecule has 0 saturated carbocycles. The fourth-order valence-corrected chi connectivity index (χ4v) is 2.36. The predicted octanol–water partition coefficient (Wildman–Crippen LogP) is 2.54. The monoisotopic (exact) mass is 295 g/mol. The van der Waals surface area contributed by atoms with Crippen LogP contribution in [0.15, 0.2) is 23.6 Å². The minimum atomic E-state index is 0.285. The second-order valence-electron chi connectivity index (χ2n) is 3.63. The number of methoxy groups -OCH3 is 2. The highest BCUT2D eigenvalue weighted by molar-refractivity contribution is 7.80. The number of aromatic nitrogens is 1. The van der Waals surface area contributed by atoms with Crippen LogP contribution in [-0.4, -0.2) is 24.2 Å². The maximum Gasteiger partial charge on any atom is 0.187 e. The summed E-state index contributed by atoms with van der Waals surface area (Å²) in [5.41, 5.74) is 6.95. The fraction of sp³-hybridized carbons (Fsp3) is 0.167. The number of rotatable bonds is 5. The molecule has 1 aromatic heterocycles. The lowest BCUT2D eigenvalue weighted by molar-refractivity contribution is 0.395. The van der Waals surface area contributed by atoms with E-state index in [1.807, 2.05) is 17.5 Å². The normalized spacial score (nSPS) is 10.0. The van der Waals surface area contributed by atoms with Crippen molar-refractivity contribution < 1.29 is 9.47 Å². The van der Waals surface area contributed by atoms with Crippen LogP contribution in [0.5, 0.6) is 11.5 Å². The Labute approximate surface area is 120 Å². The van der Waals surface area contributed by atoms with Gasteiger partial charge in [-0.05, 0) is 0 Å². The maximum atomic E-state index is 5.52. The summed E-state index contributed by atoms with van der Waals surface area (Å²) < 4.78 is 10.4. The zero-order valence-corrected chi connectivity index (χ0v) is 12.1. The highest BCUT2D eigenvalue weighted by atomic mass is 32.1. The Bertz CT molecular complexity index is 576. The van der Waals surface area contributed by atoms with Crippen molar-refractivity contribution >= 4 is 39.4 Å². The quantitative estimate of drug-likeness (QED) is 0.826. The summed E-state index contributed by atoms with van der Waals surface area (Å²) in [6.07, 6.45) is 0. The lowest BCUT2D eigenvalue weighted by atomic mass is 10.3. The molecule has 0 radical (unpaired) electrons. The minimum Gasteiger partial charge on any atom is -0.497 e. The zero-order chi connectivity index (χ0) is 13.8. The third-order valence-corrected chi connectivity index (χ3v) is 3.33. The number of thiocarbonyl (C=S) groups is 1. The summed E-state index contributed by atoms with van der Waals surface area (Å²) in [6, 6.07) is 5.50. The summed E-state index contributed by atoms with van der Waals surface area (Å²) in [6.45, 7) is 0. The molecule has 0 aliphatic heterocycles. The van der Waals surface area contributed by atoms with E-state index in [0.29, 0.717) is 22.3 Å². The van der Waals surface area contributed by atoms with Gasteiger partial charge in [-0.1, -0.05) is 12.2 Å². The van der Waals surface area contributed by atoms with Gasteiger partial charge in [-0.25, -0.2) is 4.98 Å². The Balaban J connectivity index is 2.23. The van der Waals surface area contributed by atoms with Crippen LogP contribution >= 0.6 is 23.6 Å². The van der Waals surface area contributed by atoms with E-state index in [-0.39, 0.29) is 4.99 Å². The first kappa shape index (κ1) is 13.6. The third kappa shape index (κ3) is 3.33. The van der Waals surface area contributed by atoms with E-state index in [2.05, 4.69) is 10.3 Å². The van der Waals surface area contributed by atoms with Gasteiger partial charge in [0.2, 0.25) is 0 Å². The maximum absolute atomic E-state index is 5.52. The summed E-state index contributed by atoms with van der Waals surface area (Å²) in [7, 11) is 3.21. The van der Waals surface area contributed by atoms with Crippen molar-refractivity contribution in [3.63, 3.8) is 0 Å². The van der Waals surface area contributed by atoms with Gasteiger partial charge in [0.1, 0.15) is 22.2 Å². The SMILES string of the molecule is COc1cc(Nc2nc(C(N)=S)cs2)cc(OC)c1. The molecule has 1 heterocycles. The Hall–Kier alpha value is -1.86. The van der Waals surface area contributed by atoms with Crippen molar-refractivity contribution in [2.45, 2.75) is 0 Å². The summed E-state index contributed by atoms with van der Waals surface area (Å²) >= 11 is 6.30. The zero-order valence-electron chi connectivity index (χ0n) is 10.5. The van der Waals surface area contributed by atoms with Crippen molar-refractivity contribution in [3.05, 3.63) is 29.3 Å². The molecule has 19 heavy (non-hydrogen) atoms. The van der Waals surface area contributed by atoms with Gasteiger partial charge in [0, 0.05) is 29.3 Å². The van der Waals surface area contributed by atoms with Gasteiger partial charge in [-0.3, -0.25) is 0 Å². The molecule has 0 aliphatic rings. The molecule has 100 valence electrons. The summed E-state index contributed by atoms with van der Waals surface area (Å²) in [4.78, 5) is 4.56. The van der Waals surface area contributed by atoms with Gasteiger partial charge in [0.25, 0.3) is 0 Å². The Morgan fingerprint density at radius 1 is 1.26 bits per heavy atom. The molecule has 2 aromatic rings. The van der Waals surface area contributed by atoms with Crippen molar-refractivity contribution in [1.29, 1.82) is 0 Å². The molecular formula is C12H13N3O2S2. The van der Waals surface area contributed by atoms with Gasteiger partial charge < -0.3 is 20.5 Å². The van der Waals surface area contributed by atoms with Crippen LogP contribution in [0.1, 0.15) is 5.69 Å². The van der Waals surface area contributed by atoms with Crippen molar-refractivity contribution in [3.8, 4) is 11.5 Å². The fourth-order valence-electron chi connectivity index (χ4n) is 1.45. The van der Waals surface area contributed by atoms with Crippen LogP contribution in [0.4, 0.5) is 10.8 Å². The lowest BCUT2D eigenvalue weighted by Gasteiger charge is -2.08. The third-order valence-electron chi connectivity index (χ3n) is 2.36. The number of benzene rings is 1. The first-order chi connectivity index (χ1) is 9.12. The van der Waals surface area contributed by atoms with Crippen LogP contribution in [-0.2, 0) is 0 Å². The van der Waals surface area contributed by atoms with E-state index < -0.39 is 0 Å². The van der Waals surface area contributed by atoms with E-state index in [0.717, 1.165) is 5.69 Å². The van der Waals surface area contributed by atoms with E-state index in [4.69, 9.17) is 27.4 Å². The molecule has 0 saturated heterocycles. The van der Waals surface area contributed by atoms with Crippen LogP contribution in [0.3, 0.4) is 0 Å². The summed E-state index contributed by atoms with van der Waals surface area (Å²) in [5, 5.41) is 5.68. The topological polar surface area (TPSA) is 69.4 Å². The molecule has 0 spiro atoms. The first-order valence-electron chi connectivity index (χ1n) is 5.38. The Morgan fingerprint density at radius 2 is 1.89 bits per heavy atom. The minimum absolute atomic E-state index is 0.285. The highest BCUT2D eigenvalue weighted by Gasteiger charge is 2.06. The Kier molecular flexibility index (Phi) is 4.18. The second-order valence-corrected chi connectivity index (χ2v) is 4.93. The Morgan fingerprint density at radius 3 is 2.37 bits per heavy atom. The van der Waals surface area contributed by atoms with Gasteiger partial charge >= 0.3 is 0 Å². The lowest BCUT2D eigenvalue weighted by Crippen LogP contribution is -2.09. The molecular weight excluding hydrogens is 282 g/mol. The number of hydrogen-bond donors (Lipinski definition) is 2. The number of hydrogen-bond acceptors (Lipinski definition) is 6.